The number of aromatic nitrogens is 1. The molecule has 0 saturated carbocycles. The maximum absolute atomic E-state index is 13.0. The van der Waals surface area contributed by atoms with Crippen molar-refractivity contribution in [2.45, 2.75) is 44.9 Å². The summed E-state index contributed by atoms with van der Waals surface area (Å²) >= 11 is 0. The lowest BCUT2D eigenvalue weighted by Gasteiger charge is -2.61. The first-order chi connectivity index (χ1) is 12.3. The number of likely N-dealkylation sites (tertiary alicyclic amines) is 1. The van der Waals surface area contributed by atoms with E-state index in [9.17, 15) is 9.90 Å². The molecule has 2 atom stereocenters. The molecule has 1 aromatic heterocycles. The van der Waals surface area contributed by atoms with Crippen LogP contribution in [0.15, 0.2) is 24.5 Å². The highest BCUT2D eigenvalue weighted by Crippen LogP contribution is 2.40. The normalized spacial score (nSPS) is 28.8. The highest BCUT2D eigenvalue weighted by atomic mass is 16.3. The minimum Gasteiger partial charge on any atom is -0.392 e. The van der Waals surface area contributed by atoms with Crippen molar-refractivity contribution >= 4 is 5.91 Å². The summed E-state index contributed by atoms with van der Waals surface area (Å²) in [5, 5.41) is 10.2. The maximum atomic E-state index is 13.0. The Morgan fingerprint density at radius 1 is 1.31 bits per heavy atom. The third-order valence-corrected chi connectivity index (χ3v) is 5.85. The van der Waals surface area contributed by atoms with Crippen LogP contribution in [0.5, 0.6) is 0 Å². The molecule has 4 rings (SSSR count). The summed E-state index contributed by atoms with van der Waals surface area (Å²) in [6.07, 6.45) is 3.83. The standard InChI is InChI=1S/C20H30N4O2/c1-19(2,3)11-22-12-20(13-22)14-23(9-16-7-17(25)10-24(16)20)18(26)15-5-4-6-21-8-15/h4-6,8,16-17,25H,7,9-14H2,1-3H3. The van der Waals surface area contributed by atoms with E-state index in [4.69, 9.17) is 0 Å². The number of aliphatic hydroxyl groups is 1. The van der Waals surface area contributed by atoms with Crippen LogP contribution in [0.4, 0.5) is 0 Å². The average molecular weight is 358 g/mol. The second-order valence-corrected chi connectivity index (χ2v) is 9.55. The van der Waals surface area contributed by atoms with Gasteiger partial charge in [-0.25, -0.2) is 0 Å². The molecule has 26 heavy (non-hydrogen) atoms. The van der Waals surface area contributed by atoms with Crippen LogP contribution in [0.3, 0.4) is 0 Å². The summed E-state index contributed by atoms with van der Waals surface area (Å²) in [4.78, 5) is 24.1. The van der Waals surface area contributed by atoms with Crippen molar-refractivity contribution in [2.24, 2.45) is 5.41 Å². The van der Waals surface area contributed by atoms with Gasteiger partial charge in [-0.1, -0.05) is 20.8 Å². The molecule has 0 radical (unpaired) electrons. The molecule has 1 amide bonds. The fraction of sp³-hybridized carbons (Fsp3) is 0.700. The van der Waals surface area contributed by atoms with E-state index in [1.54, 1.807) is 12.4 Å². The molecule has 3 saturated heterocycles. The summed E-state index contributed by atoms with van der Waals surface area (Å²) in [6, 6.07) is 3.91. The van der Waals surface area contributed by atoms with Gasteiger partial charge < -0.3 is 10.0 Å². The monoisotopic (exact) mass is 358 g/mol. The molecular weight excluding hydrogens is 328 g/mol. The largest absolute Gasteiger partial charge is 0.392 e. The molecule has 0 bridgehead atoms. The van der Waals surface area contributed by atoms with Crippen LogP contribution >= 0.6 is 0 Å². The van der Waals surface area contributed by atoms with Gasteiger partial charge in [-0.3, -0.25) is 19.6 Å². The molecule has 3 fully saturated rings. The van der Waals surface area contributed by atoms with Gasteiger partial charge in [0.1, 0.15) is 0 Å². The Kier molecular flexibility index (Phi) is 4.33. The summed E-state index contributed by atoms with van der Waals surface area (Å²) in [7, 11) is 0. The second kappa shape index (κ2) is 6.29. The van der Waals surface area contributed by atoms with Crippen LogP contribution in [-0.4, -0.2) is 87.7 Å². The van der Waals surface area contributed by atoms with Crippen molar-refractivity contribution < 1.29 is 9.90 Å². The summed E-state index contributed by atoms with van der Waals surface area (Å²) in [5.41, 5.74) is 0.912. The number of fused-ring (bicyclic) bond motifs is 2. The van der Waals surface area contributed by atoms with Crippen molar-refractivity contribution in [2.75, 3.05) is 39.3 Å². The number of carbonyl (C=O) groups is 1. The second-order valence-electron chi connectivity index (χ2n) is 9.55. The van der Waals surface area contributed by atoms with Gasteiger partial charge in [-0.05, 0) is 24.0 Å². The molecule has 1 spiro atoms. The van der Waals surface area contributed by atoms with Crippen LogP contribution < -0.4 is 0 Å². The molecule has 2 unspecified atom stereocenters. The van der Waals surface area contributed by atoms with Crippen LogP contribution in [0.1, 0.15) is 37.6 Å². The molecule has 1 aromatic rings. The molecule has 142 valence electrons. The number of aliphatic hydroxyl groups excluding tert-OH is 1. The number of carbonyl (C=O) groups excluding carboxylic acids is 1. The Hall–Kier alpha value is -1.50. The molecule has 4 heterocycles. The molecule has 3 aliphatic heterocycles. The Labute approximate surface area is 155 Å². The Morgan fingerprint density at radius 3 is 2.73 bits per heavy atom. The number of hydrogen-bond donors (Lipinski definition) is 1. The van der Waals surface area contributed by atoms with Crippen molar-refractivity contribution in [3.05, 3.63) is 30.1 Å². The minimum absolute atomic E-state index is 0.0104. The van der Waals surface area contributed by atoms with E-state index in [2.05, 4.69) is 35.6 Å². The lowest BCUT2D eigenvalue weighted by atomic mass is 9.81. The van der Waals surface area contributed by atoms with E-state index in [0.717, 1.165) is 39.1 Å². The van der Waals surface area contributed by atoms with E-state index >= 15 is 0 Å². The Bertz CT molecular complexity index is 666. The van der Waals surface area contributed by atoms with Gasteiger partial charge in [0.15, 0.2) is 0 Å². The first kappa shape index (κ1) is 17.9. The number of β-amino-alcohol motifs (C(OH)–C–C–N with tert-alkyl or cyclic N) is 1. The van der Waals surface area contributed by atoms with E-state index in [0.29, 0.717) is 12.1 Å². The van der Waals surface area contributed by atoms with Crippen LogP contribution in [0.25, 0.3) is 0 Å². The van der Waals surface area contributed by atoms with Crippen molar-refractivity contribution in [1.82, 2.24) is 19.7 Å². The van der Waals surface area contributed by atoms with Gasteiger partial charge in [-0.2, -0.15) is 0 Å². The van der Waals surface area contributed by atoms with Crippen LogP contribution in [-0.2, 0) is 0 Å². The predicted octanol–water partition coefficient (Wildman–Crippen LogP) is 1.07. The van der Waals surface area contributed by atoms with Gasteiger partial charge in [-0.15, -0.1) is 0 Å². The molecule has 3 aliphatic rings. The lowest BCUT2D eigenvalue weighted by molar-refractivity contribution is -0.112. The number of amides is 1. The van der Waals surface area contributed by atoms with E-state index < -0.39 is 0 Å². The third-order valence-electron chi connectivity index (χ3n) is 5.85. The topological polar surface area (TPSA) is 59.9 Å². The van der Waals surface area contributed by atoms with Crippen LogP contribution in [0, 0.1) is 5.41 Å². The minimum atomic E-state index is -0.276. The van der Waals surface area contributed by atoms with Crippen molar-refractivity contribution in [1.29, 1.82) is 0 Å². The zero-order valence-electron chi connectivity index (χ0n) is 16.1. The summed E-state index contributed by atoms with van der Waals surface area (Å²) < 4.78 is 0. The van der Waals surface area contributed by atoms with Crippen molar-refractivity contribution in [3.8, 4) is 0 Å². The summed E-state index contributed by atoms with van der Waals surface area (Å²) in [6.45, 7) is 12.0. The fourth-order valence-electron chi connectivity index (χ4n) is 5.09. The smallest absolute Gasteiger partial charge is 0.255 e. The molecule has 6 heteroatoms. The quantitative estimate of drug-likeness (QED) is 0.857. The van der Waals surface area contributed by atoms with E-state index in [-0.39, 0.29) is 29.0 Å². The zero-order valence-corrected chi connectivity index (χ0v) is 16.1. The number of rotatable bonds is 2. The molecule has 0 aromatic carbocycles. The molecule has 0 aliphatic carbocycles. The van der Waals surface area contributed by atoms with Crippen LogP contribution in [0.2, 0.25) is 0 Å². The molecular formula is C20H30N4O2. The van der Waals surface area contributed by atoms with E-state index in [1.807, 2.05) is 17.0 Å². The van der Waals surface area contributed by atoms with Gasteiger partial charge in [0.05, 0.1) is 17.2 Å². The van der Waals surface area contributed by atoms with Gasteiger partial charge >= 0.3 is 0 Å². The summed E-state index contributed by atoms with van der Waals surface area (Å²) in [5.74, 6) is 0.0628. The first-order valence-corrected chi connectivity index (χ1v) is 9.62. The Morgan fingerprint density at radius 2 is 2.08 bits per heavy atom. The molecule has 6 nitrogen and oxygen atoms in total. The van der Waals surface area contributed by atoms with Gasteiger partial charge in [0.2, 0.25) is 0 Å². The SMILES string of the molecule is CC(C)(C)CN1CC2(C1)CN(C(=O)c1cccnc1)CC1CC(O)CN12. The lowest BCUT2D eigenvalue weighted by Crippen LogP contribution is -2.78. The highest BCUT2D eigenvalue weighted by Gasteiger charge is 2.56. The third kappa shape index (κ3) is 3.26. The van der Waals surface area contributed by atoms with Gasteiger partial charge in [0, 0.05) is 57.7 Å². The fourth-order valence-corrected chi connectivity index (χ4v) is 5.09. The van der Waals surface area contributed by atoms with Gasteiger partial charge in [0.25, 0.3) is 5.91 Å². The average Bonchev–Trinajstić information content (AvgIpc) is 2.93. The number of hydrogen-bond acceptors (Lipinski definition) is 5. The Balaban J connectivity index is 1.53. The number of nitrogens with zero attached hydrogens (tertiary/aromatic N) is 4. The highest BCUT2D eigenvalue weighted by molar-refractivity contribution is 5.94. The number of piperazine rings is 1. The molecule has 1 N–H and O–H groups in total. The predicted molar refractivity (Wildman–Crippen MR) is 99.9 cm³/mol. The maximum Gasteiger partial charge on any atom is 0.255 e. The van der Waals surface area contributed by atoms with Crippen molar-refractivity contribution in [3.63, 3.8) is 0 Å². The first-order valence-electron chi connectivity index (χ1n) is 9.62. The van der Waals surface area contributed by atoms with E-state index in [1.165, 1.54) is 0 Å². The zero-order chi connectivity index (χ0) is 18.5. The number of pyridine rings is 1.